The van der Waals surface area contributed by atoms with Gasteiger partial charge in [0.2, 0.25) is 0 Å². The Kier molecular flexibility index (Phi) is 8.28. The van der Waals surface area contributed by atoms with Crippen LogP contribution in [0.15, 0.2) is 71.9 Å². The van der Waals surface area contributed by atoms with Gasteiger partial charge in [-0.15, -0.1) is 0 Å². The van der Waals surface area contributed by atoms with Gasteiger partial charge in [0.05, 0.1) is 35.4 Å². The van der Waals surface area contributed by atoms with Gasteiger partial charge in [0, 0.05) is 36.9 Å². The monoisotopic (exact) mass is 547 g/mol. The second kappa shape index (κ2) is 11.8. The number of halogens is 1. The van der Waals surface area contributed by atoms with Crippen LogP contribution in [-0.2, 0) is 0 Å². The lowest BCUT2D eigenvalue weighted by Gasteiger charge is -2.35. The molecule has 204 valence electrons. The highest BCUT2D eigenvalue weighted by Gasteiger charge is 2.24. The maximum absolute atomic E-state index is 13.5. The molecular weight excluding hydrogens is 514 g/mol. The summed E-state index contributed by atoms with van der Waals surface area (Å²) in [6.45, 7) is 6.09. The van der Waals surface area contributed by atoms with Gasteiger partial charge in [-0.2, -0.15) is 0 Å². The van der Waals surface area contributed by atoms with E-state index in [2.05, 4.69) is 34.0 Å². The molecule has 39 heavy (non-hydrogen) atoms. The van der Waals surface area contributed by atoms with E-state index in [1.165, 1.54) is 0 Å². The van der Waals surface area contributed by atoms with Crippen molar-refractivity contribution in [3.05, 3.63) is 88.2 Å². The Morgan fingerprint density at radius 2 is 1.79 bits per heavy atom. The third kappa shape index (κ3) is 5.84. The number of benzene rings is 2. The lowest BCUT2D eigenvalue weighted by molar-refractivity contribution is 0.128. The number of nitrogens with one attached hydrogen (secondary N) is 1. The zero-order valence-electron chi connectivity index (χ0n) is 22.2. The molecule has 4 aromatic rings. The van der Waals surface area contributed by atoms with Crippen LogP contribution in [0.2, 0.25) is 5.15 Å². The first kappa shape index (κ1) is 27.3. The first-order chi connectivity index (χ1) is 18.9. The van der Waals surface area contributed by atoms with Crippen molar-refractivity contribution in [3.63, 3.8) is 0 Å². The van der Waals surface area contributed by atoms with Crippen LogP contribution >= 0.6 is 11.6 Å². The lowest BCUT2D eigenvalue weighted by atomic mass is 9.98. The number of fused-ring (bicyclic) bond motifs is 1. The molecule has 0 radical (unpaired) electrons. The van der Waals surface area contributed by atoms with Crippen molar-refractivity contribution < 1.29 is 10.2 Å². The van der Waals surface area contributed by atoms with Crippen LogP contribution in [0.3, 0.4) is 0 Å². The molecule has 3 heterocycles. The smallest absolute Gasteiger partial charge is 0.261 e. The average Bonchev–Trinajstić information content (AvgIpc) is 2.95. The zero-order chi connectivity index (χ0) is 27.5. The normalized spacial score (nSPS) is 16.5. The summed E-state index contributed by atoms with van der Waals surface area (Å²) in [7, 11) is 0. The van der Waals surface area contributed by atoms with Crippen LogP contribution in [0.1, 0.15) is 44.2 Å². The van der Waals surface area contributed by atoms with Gasteiger partial charge in [-0.1, -0.05) is 48.0 Å². The number of anilines is 1. The summed E-state index contributed by atoms with van der Waals surface area (Å²) in [5.41, 5.74) is 3.34. The third-order valence-electron chi connectivity index (χ3n) is 7.69. The van der Waals surface area contributed by atoms with E-state index in [1.54, 1.807) is 23.2 Å². The molecule has 1 saturated heterocycles. The SMILES string of the molecule is CC(C)N1CCC(n2cnc3ccc(-c4cnc(Cl)c(NC(O)C(CO)c5ccccc5)c4)cc3c2=O)CC1. The van der Waals surface area contributed by atoms with Crippen molar-refractivity contribution in [1.29, 1.82) is 0 Å². The number of nitrogens with zero attached hydrogens (tertiary/aromatic N) is 4. The number of aliphatic hydroxyl groups excluding tert-OH is 2. The molecule has 0 spiro atoms. The Balaban J connectivity index is 1.41. The molecule has 2 unspecified atom stereocenters. The summed E-state index contributed by atoms with van der Waals surface area (Å²) in [4.78, 5) is 24.9. The van der Waals surface area contributed by atoms with Crippen molar-refractivity contribution >= 4 is 28.2 Å². The van der Waals surface area contributed by atoms with Crippen LogP contribution < -0.4 is 10.9 Å². The van der Waals surface area contributed by atoms with Crippen molar-refractivity contribution in [2.24, 2.45) is 0 Å². The van der Waals surface area contributed by atoms with Crippen LogP contribution in [0.5, 0.6) is 0 Å². The Labute approximate surface area is 232 Å². The first-order valence-electron chi connectivity index (χ1n) is 13.4. The third-order valence-corrected chi connectivity index (χ3v) is 7.99. The highest BCUT2D eigenvalue weighted by atomic mass is 35.5. The number of hydrogen-bond donors (Lipinski definition) is 3. The van der Waals surface area contributed by atoms with Crippen LogP contribution in [0, 0.1) is 0 Å². The van der Waals surface area contributed by atoms with Gasteiger partial charge in [-0.05, 0) is 56.0 Å². The summed E-state index contributed by atoms with van der Waals surface area (Å²) >= 11 is 6.36. The number of rotatable bonds is 8. The Morgan fingerprint density at radius 3 is 2.49 bits per heavy atom. The minimum Gasteiger partial charge on any atom is -0.396 e. The molecule has 8 nitrogen and oxygen atoms in total. The Bertz CT molecular complexity index is 1490. The molecule has 0 bridgehead atoms. The highest BCUT2D eigenvalue weighted by molar-refractivity contribution is 6.32. The maximum atomic E-state index is 13.5. The fourth-order valence-corrected chi connectivity index (χ4v) is 5.47. The molecule has 1 fully saturated rings. The number of hydrogen-bond acceptors (Lipinski definition) is 7. The summed E-state index contributed by atoms with van der Waals surface area (Å²) in [5, 5.41) is 24.5. The fraction of sp³-hybridized carbons (Fsp3) is 0.367. The minimum absolute atomic E-state index is 0.0470. The van der Waals surface area contributed by atoms with Crippen LogP contribution in [-0.4, -0.2) is 61.6 Å². The Morgan fingerprint density at radius 1 is 1.05 bits per heavy atom. The van der Waals surface area contributed by atoms with E-state index in [1.807, 2.05) is 48.5 Å². The molecule has 9 heteroatoms. The molecule has 2 aromatic heterocycles. The van der Waals surface area contributed by atoms with Gasteiger partial charge in [0.25, 0.3) is 5.56 Å². The van der Waals surface area contributed by atoms with Crippen LogP contribution in [0.25, 0.3) is 22.0 Å². The van der Waals surface area contributed by atoms with Crippen molar-refractivity contribution in [3.8, 4) is 11.1 Å². The molecule has 0 saturated carbocycles. The Hall–Kier alpha value is -3.30. The molecule has 1 aliphatic rings. The van der Waals surface area contributed by atoms with E-state index in [0.29, 0.717) is 22.6 Å². The molecule has 5 rings (SSSR count). The van der Waals surface area contributed by atoms with Crippen LogP contribution in [0.4, 0.5) is 5.69 Å². The molecular formula is C30H34ClN5O3. The van der Waals surface area contributed by atoms with Crippen molar-refractivity contribution in [1.82, 2.24) is 19.4 Å². The molecule has 1 aliphatic heterocycles. The van der Waals surface area contributed by atoms with E-state index >= 15 is 0 Å². The number of aromatic nitrogens is 3. The fourth-order valence-electron chi connectivity index (χ4n) is 5.31. The van der Waals surface area contributed by atoms with Crippen molar-refractivity contribution in [2.75, 3.05) is 25.0 Å². The van der Waals surface area contributed by atoms with Gasteiger partial charge < -0.3 is 20.4 Å². The van der Waals surface area contributed by atoms with Gasteiger partial charge >= 0.3 is 0 Å². The van der Waals surface area contributed by atoms with E-state index < -0.39 is 12.1 Å². The predicted octanol–water partition coefficient (Wildman–Crippen LogP) is 4.66. The van der Waals surface area contributed by atoms with Gasteiger partial charge in [-0.3, -0.25) is 9.36 Å². The summed E-state index contributed by atoms with van der Waals surface area (Å²) in [6, 6.07) is 17.3. The number of piperidine rings is 1. The quantitative estimate of drug-likeness (QED) is 0.218. The largest absolute Gasteiger partial charge is 0.396 e. The van der Waals surface area contributed by atoms with E-state index in [0.717, 1.165) is 42.6 Å². The number of aliphatic hydroxyl groups is 2. The zero-order valence-corrected chi connectivity index (χ0v) is 22.9. The predicted molar refractivity (Wildman–Crippen MR) is 155 cm³/mol. The molecule has 0 aliphatic carbocycles. The summed E-state index contributed by atoms with van der Waals surface area (Å²) in [5.74, 6) is -0.552. The van der Waals surface area contributed by atoms with E-state index in [4.69, 9.17) is 11.6 Å². The van der Waals surface area contributed by atoms with Gasteiger partial charge in [0.15, 0.2) is 5.15 Å². The number of pyridine rings is 1. The van der Waals surface area contributed by atoms with E-state index in [-0.39, 0.29) is 23.4 Å². The second-order valence-electron chi connectivity index (χ2n) is 10.4. The summed E-state index contributed by atoms with van der Waals surface area (Å²) in [6.07, 6.45) is 4.06. The van der Waals surface area contributed by atoms with Gasteiger partial charge in [0.1, 0.15) is 6.23 Å². The minimum atomic E-state index is -1.10. The lowest BCUT2D eigenvalue weighted by Crippen LogP contribution is -2.40. The topological polar surface area (TPSA) is 104 Å². The first-order valence-corrected chi connectivity index (χ1v) is 13.7. The highest BCUT2D eigenvalue weighted by Crippen LogP contribution is 2.30. The molecule has 2 atom stereocenters. The average molecular weight is 548 g/mol. The van der Waals surface area contributed by atoms with E-state index in [9.17, 15) is 15.0 Å². The number of likely N-dealkylation sites (tertiary alicyclic amines) is 1. The van der Waals surface area contributed by atoms with Crippen molar-refractivity contribution in [2.45, 2.75) is 50.9 Å². The molecule has 0 amide bonds. The standard InChI is InChI=1S/C30H34ClN5O3/c1-19(2)35-12-10-23(11-13-35)36-18-33-26-9-8-21(14-24(26)30(36)39)22-15-27(28(31)32-16-22)34-29(38)25(17-37)20-6-4-3-5-7-20/h3-9,14-16,18-19,23,25,29,34,37-38H,10-13,17H2,1-2H3. The maximum Gasteiger partial charge on any atom is 0.261 e. The second-order valence-corrected chi connectivity index (χ2v) is 10.8. The summed E-state index contributed by atoms with van der Waals surface area (Å²) < 4.78 is 1.78. The molecule has 3 N–H and O–H groups in total. The molecule has 2 aromatic carbocycles. The van der Waals surface area contributed by atoms with Gasteiger partial charge in [-0.25, -0.2) is 9.97 Å².